The monoisotopic (exact) mass is 324 g/mol. The van der Waals surface area contributed by atoms with Crippen molar-refractivity contribution >= 4 is 17.4 Å². The highest BCUT2D eigenvalue weighted by Gasteiger charge is 2.17. The zero-order valence-corrected chi connectivity index (χ0v) is 14.5. The lowest BCUT2D eigenvalue weighted by atomic mass is 10.1. The molecule has 1 fully saturated rings. The smallest absolute Gasteiger partial charge is 0.274 e. The number of nitrogens with one attached hydrogen (secondary N) is 2. The van der Waals surface area contributed by atoms with Crippen LogP contribution in [-0.2, 0) is 0 Å². The van der Waals surface area contributed by atoms with Crippen LogP contribution in [0.25, 0.3) is 0 Å². The summed E-state index contributed by atoms with van der Waals surface area (Å²) in [6.45, 7) is 5.79. The number of hydrogen-bond acceptors (Lipinski definition) is 4. The number of carbonyl (C=O) groups excluding carboxylic acids is 1. The Morgan fingerprint density at radius 2 is 1.75 bits per heavy atom. The Bertz CT molecular complexity index is 731. The van der Waals surface area contributed by atoms with Gasteiger partial charge in [-0.25, -0.2) is 9.97 Å². The van der Waals surface area contributed by atoms with Crippen molar-refractivity contribution < 1.29 is 4.79 Å². The third-order valence-electron chi connectivity index (χ3n) is 4.50. The molecule has 1 aromatic carbocycles. The van der Waals surface area contributed by atoms with Crippen molar-refractivity contribution in [1.82, 2.24) is 9.97 Å². The highest BCUT2D eigenvalue weighted by atomic mass is 16.1. The van der Waals surface area contributed by atoms with Crippen LogP contribution in [0.15, 0.2) is 24.3 Å². The van der Waals surface area contributed by atoms with Crippen LogP contribution in [0.1, 0.15) is 53.1 Å². The van der Waals surface area contributed by atoms with Crippen LogP contribution >= 0.6 is 0 Å². The van der Waals surface area contributed by atoms with Crippen molar-refractivity contribution in [1.29, 1.82) is 0 Å². The Morgan fingerprint density at radius 1 is 1.08 bits per heavy atom. The second kappa shape index (κ2) is 6.99. The number of nitrogens with zero attached hydrogens (tertiary/aromatic N) is 2. The summed E-state index contributed by atoms with van der Waals surface area (Å²) in [5.74, 6) is 1.14. The molecule has 5 heteroatoms. The van der Waals surface area contributed by atoms with E-state index in [1.165, 1.54) is 12.8 Å². The Balaban J connectivity index is 1.80. The zero-order chi connectivity index (χ0) is 17.1. The van der Waals surface area contributed by atoms with Crippen LogP contribution in [0.5, 0.6) is 0 Å². The summed E-state index contributed by atoms with van der Waals surface area (Å²) < 4.78 is 0. The maximum Gasteiger partial charge on any atom is 0.274 e. The summed E-state index contributed by atoms with van der Waals surface area (Å²) in [6, 6.07) is 8.16. The molecule has 3 rings (SSSR count). The predicted molar refractivity (Wildman–Crippen MR) is 96.5 cm³/mol. The summed E-state index contributed by atoms with van der Waals surface area (Å²) in [6.07, 6.45) is 4.82. The number of hydrogen-bond donors (Lipinski definition) is 2. The molecule has 2 N–H and O–H groups in total. The van der Waals surface area contributed by atoms with Gasteiger partial charge in [-0.1, -0.05) is 31.0 Å². The zero-order valence-electron chi connectivity index (χ0n) is 14.5. The van der Waals surface area contributed by atoms with E-state index >= 15 is 0 Å². The van der Waals surface area contributed by atoms with Crippen LogP contribution < -0.4 is 10.6 Å². The molecule has 0 radical (unpaired) electrons. The molecule has 126 valence electrons. The van der Waals surface area contributed by atoms with E-state index in [-0.39, 0.29) is 5.91 Å². The molecule has 0 atom stereocenters. The molecular weight excluding hydrogens is 300 g/mol. The number of benzene rings is 1. The molecule has 0 spiro atoms. The van der Waals surface area contributed by atoms with Gasteiger partial charge in [0.05, 0.1) is 0 Å². The molecule has 1 aliphatic rings. The number of rotatable bonds is 4. The van der Waals surface area contributed by atoms with Crippen molar-refractivity contribution in [3.8, 4) is 0 Å². The fourth-order valence-electron chi connectivity index (χ4n) is 3.23. The number of carbonyl (C=O) groups is 1. The molecule has 1 saturated carbocycles. The first-order valence-corrected chi connectivity index (χ1v) is 8.53. The summed E-state index contributed by atoms with van der Waals surface area (Å²) in [5, 5.41) is 6.42. The Hall–Kier alpha value is -2.43. The van der Waals surface area contributed by atoms with Gasteiger partial charge in [-0.3, -0.25) is 4.79 Å². The number of amides is 1. The van der Waals surface area contributed by atoms with E-state index in [1.54, 1.807) is 6.07 Å². The first-order chi connectivity index (χ1) is 11.5. The van der Waals surface area contributed by atoms with E-state index in [1.807, 2.05) is 39.0 Å². The van der Waals surface area contributed by atoms with Crippen molar-refractivity contribution in [2.75, 3.05) is 10.6 Å². The highest BCUT2D eigenvalue weighted by Crippen LogP contribution is 2.23. The normalized spacial score (nSPS) is 14.6. The van der Waals surface area contributed by atoms with E-state index in [9.17, 15) is 4.79 Å². The lowest BCUT2D eigenvalue weighted by Crippen LogP contribution is -2.19. The lowest BCUT2D eigenvalue weighted by molar-refractivity contribution is 0.102. The van der Waals surface area contributed by atoms with E-state index < -0.39 is 0 Å². The number of aryl methyl sites for hydroxylation is 3. The standard InChI is InChI=1S/C19H24N4O/c1-12-7-6-8-13(2)18(12)23-19(24)16-11-17(21-14(3)20-16)22-15-9-4-5-10-15/h6-8,11,15H,4-5,9-10H2,1-3H3,(H,23,24)(H,20,21,22). The molecule has 0 saturated heterocycles. The van der Waals surface area contributed by atoms with Crippen molar-refractivity contribution in [3.05, 3.63) is 46.9 Å². The van der Waals surface area contributed by atoms with Crippen molar-refractivity contribution in [3.63, 3.8) is 0 Å². The van der Waals surface area contributed by atoms with Gasteiger partial charge in [0.25, 0.3) is 5.91 Å². The minimum Gasteiger partial charge on any atom is -0.367 e. The maximum atomic E-state index is 12.6. The molecule has 1 amide bonds. The van der Waals surface area contributed by atoms with E-state index in [0.717, 1.165) is 35.5 Å². The summed E-state index contributed by atoms with van der Waals surface area (Å²) in [4.78, 5) is 21.4. The minimum absolute atomic E-state index is 0.202. The van der Waals surface area contributed by atoms with Gasteiger partial charge in [0.2, 0.25) is 0 Å². The van der Waals surface area contributed by atoms with Gasteiger partial charge < -0.3 is 10.6 Å². The van der Waals surface area contributed by atoms with Crippen LogP contribution in [0.4, 0.5) is 11.5 Å². The van der Waals surface area contributed by atoms with Crippen molar-refractivity contribution in [2.45, 2.75) is 52.5 Å². The van der Waals surface area contributed by atoms with E-state index in [4.69, 9.17) is 0 Å². The summed E-state index contributed by atoms with van der Waals surface area (Å²) in [7, 11) is 0. The van der Waals surface area contributed by atoms with Crippen LogP contribution in [0.3, 0.4) is 0 Å². The average molecular weight is 324 g/mol. The Labute approximate surface area is 142 Å². The summed E-state index contributed by atoms with van der Waals surface area (Å²) >= 11 is 0. The minimum atomic E-state index is -0.202. The molecule has 0 unspecified atom stereocenters. The Kier molecular flexibility index (Phi) is 4.79. The van der Waals surface area contributed by atoms with Crippen LogP contribution in [0, 0.1) is 20.8 Å². The van der Waals surface area contributed by atoms with E-state index in [0.29, 0.717) is 17.6 Å². The number of aromatic nitrogens is 2. The molecule has 0 aliphatic heterocycles. The summed E-state index contributed by atoms with van der Waals surface area (Å²) in [5.41, 5.74) is 3.33. The lowest BCUT2D eigenvalue weighted by Gasteiger charge is -2.15. The molecule has 24 heavy (non-hydrogen) atoms. The number of para-hydroxylation sites is 1. The van der Waals surface area contributed by atoms with Gasteiger partial charge in [0.1, 0.15) is 17.3 Å². The first-order valence-electron chi connectivity index (χ1n) is 8.53. The predicted octanol–water partition coefficient (Wildman–Crippen LogP) is 4.01. The fourth-order valence-corrected chi connectivity index (χ4v) is 3.23. The Morgan fingerprint density at radius 3 is 2.42 bits per heavy atom. The SMILES string of the molecule is Cc1nc(NC2CCCC2)cc(C(=O)Nc2c(C)cccc2C)n1. The largest absolute Gasteiger partial charge is 0.367 e. The second-order valence-corrected chi connectivity index (χ2v) is 6.53. The van der Waals surface area contributed by atoms with Crippen LogP contribution in [-0.4, -0.2) is 21.9 Å². The first kappa shape index (κ1) is 16.4. The van der Waals surface area contributed by atoms with Gasteiger partial charge in [-0.15, -0.1) is 0 Å². The highest BCUT2D eigenvalue weighted by molar-refractivity contribution is 6.04. The van der Waals surface area contributed by atoms with Gasteiger partial charge in [-0.2, -0.15) is 0 Å². The third kappa shape index (κ3) is 3.72. The van der Waals surface area contributed by atoms with Crippen molar-refractivity contribution in [2.24, 2.45) is 0 Å². The molecule has 1 aliphatic carbocycles. The molecular formula is C19H24N4O. The van der Waals surface area contributed by atoms with Crippen LogP contribution in [0.2, 0.25) is 0 Å². The van der Waals surface area contributed by atoms with Gasteiger partial charge in [0, 0.05) is 17.8 Å². The van der Waals surface area contributed by atoms with Gasteiger partial charge >= 0.3 is 0 Å². The molecule has 2 aromatic rings. The molecule has 1 aromatic heterocycles. The quantitative estimate of drug-likeness (QED) is 0.892. The molecule has 0 bridgehead atoms. The van der Waals surface area contributed by atoms with Gasteiger partial charge in [-0.05, 0) is 44.7 Å². The second-order valence-electron chi connectivity index (χ2n) is 6.53. The topological polar surface area (TPSA) is 66.9 Å². The van der Waals surface area contributed by atoms with E-state index in [2.05, 4.69) is 20.6 Å². The van der Waals surface area contributed by atoms with Gasteiger partial charge in [0.15, 0.2) is 0 Å². The molecule has 1 heterocycles. The number of anilines is 2. The average Bonchev–Trinajstić information content (AvgIpc) is 3.03. The maximum absolute atomic E-state index is 12.6. The third-order valence-corrected chi connectivity index (χ3v) is 4.50. The fraction of sp³-hybridized carbons (Fsp3) is 0.421. The molecule has 5 nitrogen and oxygen atoms in total.